The van der Waals surface area contributed by atoms with Gasteiger partial charge < -0.3 is 20.3 Å². The molecule has 4 aromatic rings. The first-order valence-electron chi connectivity index (χ1n) is 14.7. The van der Waals surface area contributed by atoms with E-state index < -0.39 is 5.60 Å². The van der Waals surface area contributed by atoms with Crippen molar-refractivity contribution in [1.82, 2.24) is 34.9 Å². The van der Waals surface area contributed by atoms with E-state index in [1.54, 1.807) is 23.5 Å². The maximum atomic E-state index is 12.7. The molecule has 2 amide bonds. The lowest BCUT2D eigenvalue weighted by atomic mass is 9.98. The highest BCUT2D eigenvalue weighted by atomic mass is 32.1. The molecule has 1 aliphatic rings. The number of aromatic nitrogens is 5. The zero-order chi connectivity index (χ0) is 31.6. The molecule has 3 aromatic heterocycles. The molecule has 44 heavy (non-hydrogen) atoms. The van der Waals surface area contributed by atoms with Gasteiger partial charge in [0.25, 0.3) is 5.91 Å². The number of nitrogens with one attached hydrogen (secondary N) is 2. The van der Waals surface area contributed by atoms with E-state index in [4.69, 9.17) is 9.72 Å². The highest BCUT2D eigenvalue weighted by molar-refractivity contribution is 7.13. The van der Waals surface area contributed by atoms with Crippen molar-refractivity contribution in [3.63, 3.8) is 0 Å². The van der Waals surface area contributed by atoms with Gasteiger partial charge in [0.15, 0.2) is 0 Å². The number of nitrogens with zero attached hydrogens (tertiary/aromatic N) is 6. The van der Waals surface area contributed by atoms with E-state index in [9.17, 15) is 9.59 Å². The van der Waals surface area contributed by atoms with Crippen LogP contribution in [0.2, 0.25) is 0 Å². The number of benzene rings is 1. The third-order valence-electron chi connectivity index (χ3n) is 7.15. The molecule has 1 atom stereocenters. The van der Waals surface area contributed by atoms with Crippen LogP contribution in [0.25, 0.3) is 11.3 Å². The van der Waals surface area contributed by atoms with Crippen LogP contribution >= 0.6 is 11.3 Å². The average Bonchev–Trinajstić information content (AvgIpc) is 3.72. The van der Waals surface area contributed by atoms with Gasteiger partial charge in [-0.1, -0.05) is 32.9 Å². The quantitative estimate of drug-likeness (QED) is 0.249. The summed E-state index contributed by atoms with van der Waals surface area (Å²) in [7, 11) is 0. The predicted molar refractivity (Wildman–Crippen MR) is 171 cm³/mol. The molecule has 1 saturated heterocycles. The Morgan fingerprint density at radius 3 is 2.59 bits per heavy atom. The van der Waals surface area contributed by atoms with Crippen molar-refractivity contribution in [3.05, 3.63) is 70.1 Å². The maximum absolute atomic E-state index is 12.7. The number of thiazole rings is 1. The smallest absolute Gasteiger partial charge is 0.410 e. The minimum atomic E-state index is -0.524. The molecule has 5 rings (SSSR count). The molecule has 1 unspecified atom stereocenters. The van der Waals surface area contributed by atoms with E-state index in [0.717, 1.165) is 39.5 Å². The largest absolute Gasteiger partial charge is 0.444 e. The number of ether oxygens (including phenoxy) is 1. The van der Waals surface area contributed by atoms with E-state index >= 15 is 0 Å². The van der Waals surface area contributed by atoms with E-state index in [-0.39, 0.29) is 23.5 Å². The molecule has 2 N–H and O–H groups in total. The molecule has 0 spiro atoms. The topological polar surface area (TPSA) is 127 Å². The molecule has 1 fully saturated rings. The number of amides is 2. The number of likely N-dealkylation sites (tertiary alicyclic amines) is 1. The summed E-state index contributed by atoms with van der Waals surface area (Å²) in [5, 5.41) is 11.7. The number of carbonyl (C=O) groups is 2. The van der Waals surface area contributed by atoms with Gasteiger partial charge in [0.05, 0.1) is 34.8 Å². The Morgan fingerprint density at radius 2 is 1.89 bits per heavy atom. The van der Waals surface area contributed by atoms with E-state index in [1.165, 1.54) is 11.3 Å². The summed E-state index contributed by atoms with van der Waals surface area (Å²) >= 11 is 1.43. The summed E-state index contributed by atoms with van der Waals surface area (Å²) in [6.07, 6.45) is 7.51. The van der Waals surface area contributed by atoms with Crippen LogP contribution in [0.1, 0.15) is 79.8 Å². The van der Waals surface area contributed by atoms with Crippen molar-refractivity contribution in [3.8, 4) is 11.3 Å². The van der Waals surface area contributed by atoms with Gasteiger partial charge in [0.1, 0.15) is 10.5 Å². The molecule has 1 aromatic carbocycles. The van der Waals surface area contributed by atoms with Gasteiger partial charge in [-0.05, 0) is 57.4 Å². The fourth-order valence-corrected chi connectivity index (χ4v) is 5.69. The fraction of sp³-hybridized carbons (Fsp3) is 0.438. The van der Waals surface area contributed by atoms with Crippen LogP contribution in [0.4, 0.5) is 16.4 Å². The second-order valence-electron chi connectivity index (χ2n) is 13.1. The van der Waals surface area contributed by atoms with E-state index in [1.807, 2.05) is 56.8 Å². The van der Waals surface area contributed by atoms with Gasteiger partial charge >= 0.3 is 6.09 Å². The first kappa shape index (κ1) is 31.1. The second-order valence-corrected chi connectivity index (χ2v) is 14.1. The summed E-state index contributed by atoms with van der Waals surface area (Å²) in [6, 6.07) is 8.01. The zero-order valence-electron chi connectivity index (χ0n) is 26.3. The summed E-state index contributed by atoms with van der Waals surface area (Å²) in [5.74, 6) is 0.335. The Hall–Kier alpha value is -4.32. The van der Waals surface area contributed by atoms with Crippen LogP contribution < -0.4 is 10.6 Å². The second kappa shape index (κ2) is 12.4. The fourth-order valence-electron chi connectivity index (χ4n) is 4.80. The zero-order valence-corrected chi connectivity index (χ0v) is 27.2. The minimum absolute atomic E-state index is 0.0690. The Kier molecular flexibility index (Phi) is 8.73. The summed E-state index contributed by atoms with van der Waals surface area (Å²) < 4.78 is 7.38. The van der Waals surface area contributed by atoms with Gasteiger partial charge in [-0.3, -0.25) is 9.48 Å². The van der Waals surface area contributed by atoms with E-state index in [2.05, 4.69) is 52.5 Å². The summed E-state index contributed by atoms with van der Waals surface area (Å²) in [6.45, 7) is 15.5. The molecular formula is C32H40N8O3S. The van der Waals surface area contributed by atoms with Crippen LogP contribution in [0, 0.1) is 6.92 Å². The van der Waals surface area contributed by atoms with Crippen molar-refractivity contribution in [2.24, 2.45) is 0 Å². The van der Waals surface area contributed by atoms with Crippen LogP contribution in [0.5, 0.6) is 0 Å². The summed E-state index contributed by atoms with van der Waals surface area (Å²) in [5.41, 5.74) is 3.95. The predicted octanol–water partition coefficient (Wildman–Crippen LogP) is 6.26. The highest BCUT2D eigenvalue weighted by Crippen LogP contribution is 2.28. The highest BCUT2D eigenvalue weighted by Gasteiger charge is 2.31. The third kappa shape index (κ3) is 7.60. The van der Waals surface area contributed by atoms with Gasteiger partial charge in [0.2, 0.25) is 5.95 Å². The number of rotatable bonds is 7. The van der Waals surface area contributed by atoms with Crippen LogP contribution in [0.3, 0.4) is 0 Å². The molecule has 232 valence electrons. The van der Waals surface area contributed by atoms with Crippen molar-refractivity contribution in [2.75, 3.05) is 18.4 Å². The SMILES string of the molecule is Cc1cc(-c2ccnc(Nc3cnn(C4CCN(C(=O)OC(C)(C)C)C4)c3)n2)ccc1CNC(=O)c1cnc(C(C)(C)C)s1. The third-order valence-corrected chi connectivity index (χ3v) is 8.57. The van der Waals surface area contributed by atoms with Crippen LogP contribution in [-0.4, -0.2) is 60.3 Å². The Labute approximate surface area is 262 Å². The van der Waals surface area contributed by atoms with Crippen molar-refractivity contribution < 1.29 is 14.3 Å². The first-order valence-corrected chi connectivity index (χ1v) is 15.5. The molecule has 0 saturated carbocycles. The standard InChI is InChI=1S/C32H40N8O3S/c1-20-14-21(8-9-22(20)15-34-27(41)26-17-35-28(44-26)31(2,3)4)25-10-12-33-29(38-25)37-23-16-36-40(18-23)24-11-13-39(19-24)30(42)43-32(5,6)7/h8-10,12,14,16-18,24H,11,13,15,19H2,1-7H3,(H,34,41)(H,33,37,38). The molecule has 4 heterocycles. The Balaban J connectivity index is 1.19. The molecular weight excluding hydrogens is 576 g/mol. The monoisotopic (exact) mass is 616 g/mol. The lowest BCUT2D eigenvalue weighted by Gasteiger charge is -2.24. The maximum Gasteiger partial charge on any atom is 0.410 e. The van der Waals surface area contributed by atoms with Crippen molar-refractivity contribution in [1.29, 1.82) is 0 Å². The first-order chi connectivity index (χ1) is 20.7. The van der Waals surface area contributed by atoms with Gasteiger partial charge in [0, 0.05) is 43.0 Å². The van der Waals surface area contributed by atoms with Crippen LogP contribution in [0.15, 0.2) is 49.1 Å². The number of aryl methyl sites for hydroxylation is 1. The molecule has 0 aliphatic carbocycles. The lowest BCUT2D eigenvalue weighted by Crippen LogP contribution is -2.35. The van der Waals surface area contributed by atoms with Crippen molar-refractivity contribution >= 4 is 35.0 Å². The minimum Gasteiger partial charge on any atom is -0.444 e. The molecule has 11 nitrogen and oxygen atoms in total. The molecule has 12 heteroatoms. The van der Waals surface area contributed by atoms with Gasteiger partial charge in [-0.2, -0.15) is 5.10 Å². The van der Waals surface area contributed by atoms with E-state index in [0.29, 0.717) is 30.5 Å². The lowest BCUT2D eigenvalue weighted by molar-refractivity contribution is 0.0288. The molecule has 0 radical (unpaired) electrons. The summed E-state index contributed by atoms with van der Waals surface area (Å²) in [4.78, 5) is 41.0. The van der Waals surface area contributed by atoms with Gasteiger partial charge in [-0.25, -0.2) is 19.7 Å². The molecule has 1 aliphatic heterocycles. The number of hydrogen-bond donors (Lipinski definition) is 2. The Bertz CT molecular complexity index is 1650. The van der Waals surface area contributed by atoms with Crippen molar-refractivity contribution in [2.45, 2.75) is 78.5 Å². The van der Waals surface area contributed by atoms with Gasteiger partial charge in [-0.15, -0.1) is 11.3 Å². The average molecular weight is 617 g/mol. The number of carbonyl (C=O) groups excluding carboxylic acids is 2. The number of hydrogen-bond acceptors (Lipinski definition) is 9. The number of anilines is 2. The van der Waals surface area contributed by atoms with Crippen LogP contribution in [-0.2, 0) is 16.7 Å². The Morgan fingerprint density at radius 1 is 1.09 bits per heavy atom. The normalized spacial score (nSPS) is 15.3. The molecule has 0 bridgehead atoms.